The Kier molecular flexibility index (Phi) is 6.55. The molecule has 0 fully saturated rings. The number of carbonyl (C=O) groups excluding carboxylic acids is 1. The van der Waals surface area contributed by atoms with E-state index in [-0.39, 0.29) is 5.57 Å². The second-order valence-electron chi connectivity index (χ2n) is 6.06. The molecule has 0 bridgehead atoms. The molecule has 3 aromatic rings. The van der Waals surface area contributed by atoms with E-state index >= 15 is 0 Å². The molecule has 0 spiro atoms. The average molecular weight is 427 g/mol. The number of nitrogens with one attached hydrogen (secondary N) is 1. The minimum Gasteiger partial charge on any atom is -0.486 e. The number of anilines is 1. The van der Waals surface area contributed by atoms with Gasteiger partial charge in [0.2, 0.25) is 0 Å². The summed E-state index contributed by atoms with van der Waals surface area (Å²) in [5, 5.41) is 12.7. The van der Waals surface area contributed by atoms with Crippen molar-refractivity contribution in [3.8, 4) is 11.8 Å². The van der Waals surface area contributed by atoms with Gasteiger partial charge in [0, 0.05) is 24.5 Å². The van der Waals surface area contributed by atoms with E-state index in [0.717, 1.165) is 5.82 Å². The Labute approximate surface area is 178 Å². The van der Waals surface area contributed by atoms with E-state index in [1.165, 1.54) is 12.1 Å². The molecule has 0 aliphatic carbocycles. The topological polar surface area (TPSA) is 79.9 Å². The maximum atomic E-state index is 12.4. The van der Waals surface area contributed by atoms with Crippen molar-refractivity contribution in [1.29, 1.82) is 5.26 Å². The second kappa shape index (κ2) is 9.28. The highest BCUT2D eigenvalue weighted by Crippen LogP contribution is 2.26. The maximum Gasteiger partial charge on any atom is 0.266 e. The number of benzene rings is 2. The zero-order valence-corrected chi connectivity index (χ0v) is 16.9. The number of nitrogens with zero attached hydrogens (tertiary/aromatic N) is 3. The van der Waals surface area contributed by atoms with Crippen LogP contribution in [0.4, 0.5) is 5.69 Å². The number of hydrogen-bond donors (Lipinski definition) is 1. The zero-order chi connectivity index (χ0) is 20.8. The minimum absolute atomic E-state index is 0.0669. The highest BCUT2D eigenvalue weighted by Gasteiger charge is 2.12. The summed E-state index contributed by atoms with van der Waals surface area (Å²) in [6.45, 7) is 0.338. The van der Waals surface area contributed by atoms with Crippen molar-refractivity contribution in [3.63, 3.8) is 0 Å². The Balaban J connectivity index is 1.68. The summed E-state index contributed by atoms with van der Waals surface area (Å²) in [5.41, 5.74) is 0.948. The van der Waals surface area contributed by atoms with E-state index in [4.69, 9.17) is 27.9 Å². The van der Waals surface area contributed by atoms with E-state index in [0.29, 0.717) is 33.7 Å². The molecule has 1 amide bonds. The van der Waals surface area contributed by atoms with Gasteiger partial charge in [-0.15, -0.1) is 0 Å². The third-order valence-corrected chi connectivity index (χ3v) is 4.59. The number of ether oxygens (including phenoxy) is 1. The fourth-order valence-corrected chi connectivity index (χ4v) is 2.78. The molecule has 0 aliphatic heterocycles. The Hall–Kier alpha value is -3.27. The minimum atomic E-state index is -0.577. The van der Waals surface area contributed by atoms with Gasteiger partial charge < -0.3 is 14.6 Å². The van der Waals surface area contributed by atoms with Crippen molar-refractivity contribution in [2.24, 2.45) is 7.05 Å². The van der Waals surface area contributed by atoms with Gasteiger partial charge in [0.1, 0.15) is 29.8 Å². The lowest BCUT2D eigenvalue weighted by Gasteiger charge is -2.08. The molecule has 1 heterocycles. The van der Waals surface area contributed by atoms with Crippen LogP contribution in [0, 0.1) is 11.3 Å². The van der Waals surface area contributed by atoms with Crippen molar-refractivity contribution < 1.29 is 9.53 Å². The van der Waals surface area contributed by atoms with Crippen LogP contribution in [0.25, 0.3) is 6.08 Å². The fourth-order valence-electron chi connectivity index (χ4n) is 2.44. The predicted molar refractivity (Wildman–Crippen MR) is 113 cm³/mol. The Morgan fingerprint density at radius 2 is 2.03 bits per heavy atom. The molecule has 0 radical (unpaired) electrons. The Bertz CT molecular complexity index is 1100. The van der Waals surface area contributed by atoms with Crippen LogP contribution in [0.15, 0.2) is 60.4 Å². The third kappa shape index (κ3) is 5.38. The van der Waals surface area contributed by atoms with Crippen LogP contribution in [0.5, 0.6) is 5.75 Å². The molecule has 0 aliphatic rings. The summed E-state index contributed by atoms with van der Waals surface area (Å²) in [7, 11) is 1.89. The molecule has 3 rings (SSSR count). The van der Waals surface area contributed by atoms with Crippen LogP contribution < -0.4 is 10.1 Å². The maximum absolute atomic E-state index is 12.4. The van der Waals surface area contributed by atoms with Crippen LogP contribution in [-0.4, -0.2) is 15.5 Å². The number of amides is 1. The van der Waals surface area contributed by atoms with Crippen LogP contribution >= 0.6 is 23.2 Å². The zero-order valence-electron chi connectivity index (χ0n) is 15.4. The third-order valence-electron chi connectivity index (χ3n) is 4.02. The van der Waals surface area contributed by atoms with Crippen molar-refractivity contribution in [1.82, 2.24) is 9.55 Å². The molecule has 6 nitrogen and oxygen atoms in total. The van der Waals surface area contributed by atoms with Crippen LogP contribution in [-0.2, 0) is 18.4 Å². The molecular formula is C21H16Cl2N4O2. The molecule has 1 N–H and O–H groups in total. The molecule has 0 saturated carbocycles. The average Bonchev–Trinajstić information content (AvgIpc) is 3.13. The van der Waals surface area contributed by atoms with Gasteiger partial charge in [-0.1, -0.05) is 35.3 Å². The standard InChI is InChI=1S/C21H16Cl2N4O2/c1-27-9-8-25-20(27)13-29-17-5-2-14(3-6-17)10-15(12-24)21(28)26-19-11-16(22)4-7-18(19)23/h2-11H,13H2,1H3,(H,26,28). The largest absolute Gasteiger partial charge is 0.486 e. The van der Waals surface area contributed by atoms with Gasteiger partial charge in [-0.25, -0.2) is 4.98 Å². The van der Waals surface area contributed by atoms with Crippen LogP contribution in [0.3, 0.4) is 0 Å². The van der Waals surface area contributed by atoms with E-state index in [1.807, 2.05) is 23.9 Å². The van der Waals surface area contributed by atoms with E-state index in [9.17, 15) is 10.1 Å². The number of imidazole rings is 1. The summed E-state index contributed by atoms with van der Waals surface area (Å²) in [5.74, 6) is 0.877. The lowest BCUT2D eigenvalue weighted by Crippen LogP contribution is -2.13. The number of carbonyl (C=O) groups is 1. The SMILES string of the molecule is Cn1ccnc1COc1ccc(C=C(C#N)C(=O)Nc2cc(Cl)ccc2Cl)cc1. The Morgan fingerprint density at radius 3 is 2.69 bits per heavy atom. The molecular weight excluding hydrogens is 411 g/mol. The molecule has 146 valence electrons. The van der Waals surface area contributed by atoms with Crippen LogP contribution in [0.2, 0.25) is 10.0 Å². The molecule has 1 aromatic heterocycles. The number of aryl methyl sites for hydroxylation is 1. The van der Waals surface area contributed by atoms with E-state index < -0.39 is 5.91 Å². The number of aromatic nitrogens is 2. The molecule has 0 saturated heterocycles. The lowest BCUT2D eigenvalue weighted by atomic mass is 10.1. The van der Waals surface area contributed by atoms with Crippen LogP contribution in [0.1, 0.15) is 11.4 Å². The molecule has 2 aromatic carbocycles. The van der Waals surface area contributed by atoms with Gasteiger partial charge in [0.25, 0.3) is 5.91 Å². The predicted octanol–water partition coefficient (Wildman–Crippen LogP) is 4.85. The Morgan fingerprint density at radius 1 is 1.28 bits per heavy atom. The van der Waals surface area contributed by atoms with Gasteiger partial charge in [0.15, 0.2) is 0 Å². The summed E-state index contributed by atoms with van der Waals surface area (Å²) in [6, 6.07) is 13.6. The molecule has 0 unspecified atom stereocenters. The number of hydrogen-bond acceptors (Lipinski definition) is 4. The first-order valence-corrected chi connectivity index (χ1v) is 9.29. The fraction of sp³-hybridized carbons (Fsp3) is 0.0952. The van der Waals surface area contributed by atoms with Crippen molar-refractivity contribution >= 4 is 40.9 Å². The summed E-state index contributed by atoms with van der Waals surface area (Å²) < 4.78 is 7.57. The summed E-state index contributed by atoms with van der Waals surface area (Å²) in [4.78, 5) is 16.6. The lowest BCUT2D eigenvalue weighted by molar-refractivity contribution is -0.112. The second-order valence-corrected chi connectivity index (χ2v) is 6.90. The summed E-state index contributed by atoms with van der Waals surface area (Å²) >= 11 is 12.0. The van der Waals surface area contributed by atoms with Gasteiger partial charge in [-0.05, 0) is 42.0 Å². The molecule has 29 heavy (non-hydrogen) atoms. The van der Waals surface area contributed by atoms with Gasteiger partial charge >= 0.3 is 0 Å². The normalized spacial score (nSPS) is 11.0. The van der Waals surface area contributed by atoms with Crippen molar-refractivity contribution in [2.75, 3.05) is 5.32 Å². The first-order chi connectivity index (χ1) is 14.0. The van der Waals surface area contributed by atoms with Gasteiger partial charge in [-0.3, -0.25) is 4.79 Å². The molecule has 0 atom stereocenters. The van der Waals surface area contributed by atoms with E-state index in [1.54, 1.807) is 42.6 Å². The first kappa shape index (κ1) is 20.5. The van der Waals surface area contributed by atoms with Crippen molar-refractivity contribution in [2.45, 2.75) is 6.61 Å². The summed E-state index contributed by atoms with van der Waals surface area (Å²) in [6.07, 6.45) is 5.03. The monoisotopic (exact) mass is 426 g/mol. The quantitative estimate of drug-likeness (QED) is 0.451. The number of halogens is 2. The smallest absolute Gasteiger partial charge is 0.266 e. The highest BCUT2D eigenvalue weighted by atomic mass is 35.5. The highest BCUT2D eigenvalue weighted by molar-refractivity contribution is 6.36. The molecule has 8 heteroatoms. The number of nitriles is 1. The van der Waals surface area contributed by atoms with Gasteiger partial charge in [0.05, 0.1) is 10.7 Å². The van der Waals surface area contributed by atoms with Crippen molar-refractivity contribution in [3.05, 3.63) is 81.9 Å². The first-order valence-electron chi connectivity index (χ1n) is 8.53. The van der Waals surface area contributed by atoms with E-state index in [2.05, 4.69) is 10.3 Å². The van der Waals surface area contributed by atoms with Gasteiger partial charge in [-0.2, -0.15) is 5.26 Å². The number of rotatable bonds is 6.